The van der Waals surface area contributed by atoms with E-state index in [-0.39, 0.29) is 29.5 Å². The molecular weight excluding hydrogens is 389 g/mol. The molecule has 0 amide bonds. The Morgan fingerprint density at radius 1 is 1.21 bits per heavy atom. The first-order valence-corrected chi connectivity index (χ1v) is 8.01. The van der Waals surface area contributed by atoms with Gasteiger partial charge in [0.15, 0.2) is 0 Å². The number of aromatic nitrogens is 1. The van der Waals surface area contributed by atoms with Crippen molar-refractivity contribution in [3.63, 3.8) is 0 Å². The first-order chi connectivity index (χ1) is 13.1. The highest BCUT2D eigenvalue weighted by Gasteiger charge is 2.31. The minimum atomic E-state index is -4.51. The predicted molar refractivity (Wildman–Crippen MR) is 87.7 cm³/mol. The third-order valence-corrected chi connectivity index (χ3v) is 3.45. The van der Waals surface area contributed by atoms with Crippen molar-refractivity contribution >= 4 is 5.97 Å². The molecule has 10 heteroatoms. The van der Waals surface area contributed by atoms with Crippen LogP contribution in [0.25, 0.3) is 11.5 Å². The maximum absolute atomic E-state index is 13.2. The van der Waals surface area contributed by atoms with E-state index < -0.39 is 36.8 Å². The molecule has 0 fully saturated rings. The number of nitrogens with zero attached hydrogens (tertiary/aromatic N) is 1. The van der Waals surface area contributed by atoms with Crippen LogP contribution < -0.4 is 0 Å². The Morgan fingerprint density at radius 2 is 1.86 bits per heavy atom. The van der Waals surface area contributed by atoms with Crippen LogP contribution in [0.1, 0.15) is 28.7 Å². The van der Waals surface area contributed by atoms with Crippen LogP contribution in [0.4, 0.5) is 22.0 Å². The number of ether oxygens (including phenoxy) is 2. The van der Waals surface area contributed by atoms with Gasteiger partial charge in [-0.15, -0.1) is 0 Å². The molecule has 5 nitrogen and oxygen atoms in total. The maximum Gasteiger partial charge on any atom is 0.416 e. The van der Waals surface area contributed by atoms with E-state index in [0.717, 1.165) is 24.3 Å². The molecule has 0 radical (unpaired) electrons. The number of halogens is 5. The highest BCUT2D eigenvalue weighted by Crippen LogP contribution is 2.31. The zero-order valence-corrected chi connectivity index (χ0v) is 14.7. The lowest BCUT2D eigenvalue weighted by Crippen LogP contribution is -2.20. The summed E-state index contributed by atoms with van der Waals surface area (Å²) in [6.07, 6.45) is -4.10. The van der Waals surface area contributed by atoms with E-state index in [9.17, 15) is 26.7 Å². The van der Waals surface area contributed by atoms with E-state index in [2.05, 4.69) is 11.6 Å². The molecule has 1 aromatic heterocycles. The molecule has 28 heavy (non-hydrogen) atoms. The Morgan fingerprint density at radius 3 is 2.39 bits per heavy atom. The van der Waals surface area contributed by atoms with Gasteiger partial charge in [-0.25, -0.2) is 9.78 Å². The lowest BCUT2D eigenvalue weighted by molar-refractivity contribution is -0.137. The summed E-state index contributed by atoms with van der Waals surface area (Å²) < 4.78 is 79.3. The molecule has 0 bridgehead atoms. The van der Waals surface area contributed by atoms with Gasteiger partial charge in [0.05, 0.1) is 18.8 Å². The SMILES string of the molecule is C=CC(F)(F)COCc1nc(-c2ccc(C(F)(F)F)cc2)oc1C(=O)OCC. The summed E-state index contributed by atoms with van der Waals surface area (Å²) in [7, 11) is 0. The number of benzene rings is 1. The Balaban J connectivity index is 2.28. The fourth-order valence-electron chi connectivity index (χ4n) is 2.07. The van der Waals surface area contributed by atoms with Crippen LogP contribution in [-0.4, -0.2) is 30.1 Å². The monoisotopic (exact) mass is 405 g/mol. The minimum absolute atomic E-state index is 0.0178. The standard InChI is InChI=1S/C18H16F5NO4/c1-3-17(19,20)10-26-9-13-14(16(25)27-4-2)28-15(24-13)11-5-7-12(8-6-11)18(21,22)23/h3,5-8H,1,4,9-10H2,2H3. The van der Waals surface area contributed by atoms with Crippen LogP contribution >= 0.6 is 0 Å². The molecule has 0 aliphatic carbocycles. The number of hydrogen-bond acceptors (Lipinski definition) is 5. The molecule has 1 heterocycles. The minimum Gasteiger partial charge on any atom is -0.460 e. The second-order valence-electron chi connectivity index (χ2n) is 5.55. The summed E-state index contributed by atoms with van der Waals surface area (Å²) in [4.78, 5) is 16.0. The number of carbonyl (C=O) groups is 1. The van der Waals surface area contributed by atoms with Gasteiger partial charge in [-0.1, -0.05) is 6.58 Å². The van der Waals surface area contributed by atoms with Gasteiger partial charge >= 0.3 is 12.1 Å². The second kappa shape index (κ2) is 8.51. The Labute approximate surface area is 156 Å². The van der Waals surface area contributed by atoms with Crippen LogP contribution in [-0.2, 0) is 22.3 Å². The summed E-state index contributed by atoms with van der Waals surface area (Å²) in [6.45, 7) is 3.05. The van der Waals surface area contributed by atoms with E-state index in [4.69, 9.17) is 13.9 Å². The molecular formula is C18H16F5NO4. The van der Waals surface area contributed by atoms with E-state index in [0.29, 0.717) is 6.08 Å². The Kier molecular flexibility index (Phi) is 6.55. The van der Waals surface area contributed by atoms with E-state index >= 15 is 0 Å². The zero-order chi connectivity index (χ0) is 20.9. The average molecular weight is 405 g/mol. The molecule has 0 saturated heterocycles. The molecule has 1 aromatic carbocycles. The van der Waals surface area contributed by atoms with Crippen molar-refractivity contribution in [2.75, 3.05) is 13.2 Å². The van der Waals surface area contributed by atoms with Crippen molar-refractivity contribution in [3.05, 3.63) is 53.9 Å². The normalized spacial score (nSPS) is 12.1. The van der Waals surface area contributed by atoms with Gasteiger partial charge in [0.2, 0.25) is 11.7 Å². The number of rotatable bonds is 8. The van der Waals surface area contributed by atoms with Gasteiger partial charge in [0, 0.05) is 5.56 Å². The summed E-state index contributed by atoms with van der Waals surface area (Å²) >= 11 is 0. The number of carbonyl (C=O) groups excluding carboxylic acids is 1. The first kappa shape index (κ1) is 21.5. The molecule has 0 spiro atoms. The highest BCUT2D eigenvalue weighted by atomic mass is 19.4. The molecule has 0 aliphatic heterocycles. The second-order valence-corrected chi connectivity index (χ2v) is 5.55. The van der Waals surface area contributed by atoms with Crippen LogP contribution in [0, 0.1) is 0 Å². The summed E-state index contributed by atoms with van der Waals surface area (Å²) in [5.41, 5.74) is -0.835. The summed E-state index contributed by atoms with van der Waals surface area (Å²) in [5.74, 6) is -4.73. The molecule has 0 atom stereocenters. The van der Waals surface area contributed by atoms with Crippen LogP contribution in [0.5, 0.6) is 0 Å². The smallest absolute Gasteiger partial charge is 0.416 e. The van der Waals surface area contributed by atoms with Crippen molar-refractivity contribution in [3.8, 4) is 11.5 Å². The molecule has 2 rings (SSSR count). The third kappa shape index (κ3) is 5.38. The lowest BCUT2D eigenvalue weighted by Gasteiger charge is -2.10. The van der Waals surface area contributed by atoms with Gasteiger partial charge in [0.25, 0.3) is 5.92 Å². The topological polar surface area (TPSA) is 61.6 Å². The number of alkyl halides is 5. The fraction of sp³-hybridized carbons (Fsp3) is 0.333. The Bertz CT molecular complexity index is 827. The molecule has 0 N–H and O–H groups in total. The van der Waals surface area contributed by atoms with E-state index in [1.165, 1.54) is 0 Å². The number of esters is 1. The van der Waals surface area contributed by atoms with Crippen LogP contribution in [0.15, 0.2) is 41.3 Å². The molecule has 0 saturated carbocycles. The van der Waals surface area contributed by atoms with Gasteiger partial charge < -0.3 is 13.9 Å². The highest BCUT2D eigenvalue weighted by molar-refractivity contribution is 5.88. The quantitative estimate of drug-likeness (QED) is 0.356. The fourth-order valence-corrected chi connectivity index (χ4v) is 2.07. The van der Waals surface area contributed by atoms with E-state index in [1.54, 1.807) is 6.92 Å². The summed E-state index contributed by atoms with van der Waals surface area (Å²) in [5, 5.41) is 0. The zero-order valence-electron chi connectivity index (χ0n) is 14.7. The molecule has 2 aromatic rings. The van der Waals surface area contributed by atoms with Crippen molar-refractivity contribution in [1.82, 2.24) is 4.98 Å². The van der Waals surface area contributed by atoms with E-state index in [1.807, 2.05) is 0 Å². The largest absolute Gasteiger partial charge is 0.460 e. The van der Waals surface area contributed by atoms with Crippen molar-refractivity contribution in [1.29, 1.82) is 0 Å². The molecule has 0 unspecified atom stereocenters. The first-order valence-electron chi connectivity index (χ1n) is 8.01. The van der Waals surface area contributed by atoms with Gasteiger partial charge in [-0.3, -0.25) is 0 Å². The van der Waals surface area contributed by atoms with Gasteiger partial charge in [-0.05, 0) is 37.3 Å². The predicted octanol–water partition coefficient (Wildman–Crippen LogP) is 4.88. The average Bonchev–Trinajstić information content (AvgIpc) is 3.05. The molecule has 0 aliphatic rings. The summed E-state index contributed by atoms with van der Waals surface area (Å²) in [6, 6.07) is 3.87. The third-order valence-electron chi connectivity index (χ3n) is 3.45. The van der Waals surface area contributed by atoms with Gasteiger partial charge in [-0.2, -0.15) is 22.0 Å². The van der Waals surface area contributed by atoms with Crippen molar-refractivity contribution < 1.29 is 40.6 Å². The van der Waals surface area contributed by atoms with Gasteiger partial charge in [0.1, 0.15) is 12.3 Å². The van der Waals surface area contributed by atoms with Crippen molar-refractivity contribution in [2.45, 2.75) is 25.6 Å². The number of hydrogen-bond donors (Lipinski definition) is 0. The molecule has 152 valence electrons. The lowest BCUT2D eigenvalue weighted by atomic mass is 10.1. The Hall–Kier alpha value is -2.75. The maximum atomic E-state index is 13.2. The number of oxazole rings is 1. The van der Waals surface area contributed by atoms with Crippen LogP contribution in [0.2, 0.25) is 0 Å². The van der Waals surface area contributed by atoms with Crippen molar-refractivity contribution in [2.24, 2.45) is 0 Å². The van der Waals surface area contributed by atoms with Crippen LogP contribution in [0.3, 0.4) is 0 Å².